The summed E-state index contributed by atoms with van der Waals surface area (Å²) < 4.78 is 1.14. The number of thiophene rings is 1. The summed E-state index contributed by atoms with van der Waals surface area (Å²) in [4.78, 5) is 1.31. The van der Waals surface area contributed by atoms with Crippen molar-refractivity contribution in [2.75, 3.05) is 19.7 Å². The highest BCUT2D eigenvalue weighted by atomic mass is 79.9. The van der Waals surface area contributed by atoms with E-state index in [0.29, 0.717) is 6.54 Å². The zero-order valence-corrected chi connectivity index (χ0v) is 10.1. The van der Waals surface area contributed by atoms with Crippen molar-refractivity contribution in [3.8, 4) is 0 Å². The molecule has 3 N–H and O–H groups in total. The minimum absolute atomic E-state index is 0.183. The van der Waals surface area contributed by atoms with Gasteiger partial charge < -0.3 is 15.5 Å². The van der Waals surface area contributed by atoms with E-state index in [1.54, 1.807) is 11.3 Å². The van der Waals surface area contributed by atoms with Crippen molar-refractivity contribution in [1.82, 2.24) is 5.32 Å². The molecule has 1 aromatic rings. The van der Waals surface area contributed by atoms with E-state index >= 15 is 0 Å². The van der Waals surface area contributed by atoms with Gasteiger partial charge in [0.2, 0.25) is 0 Å². The topological polar surface area (TPSA) is 52.5 Å². The summed E-state index contributed by atoms with van der Waals surface area (Å²) >= 11 is 5.12. The number of aliphatic hydroxyl groups is 2. The van der Waals surface area contributed by atoms with E-state index in [0.717, 1.165) is 16.8 Å². The molecule has 80 valence electrons. The fourth-order valence-electron chi connectivity index (χ4n) is 1.03. The second kappa shape index (κ2) is 6.53. The quantitative estimate of drug-likeness (QED) is 0.681. The monoisotopic (exact) mass is 279 g/mol. The Balaban J connectivity index is 2.10. The van der Waals surface area contributed by atoms with Crippen LogP contribution in [0.15, 0.2) is 15.9 Å². The Morgan fingerprint density at radius 1 is 1.50 bits per heavy atom. The lowest BCUT2D eigenvalue weighted by molar-refractivity contribution is 0.0947. The van der Waals surface area contributed by atoms with Crippen LogP contribution in [0.3, 0.4) is 0 Å². The number of hydrogen-bond donors (Lipinski definition) is 3. The van der Waals surface area contributed by atoms with Gasteiger partial charge in [0.25, 0.3) is 0 Å². The van der Waals surface area contributed by atoms with Crippen molar-refractivity contribution in [3.05, 3.63) is 20.8 Å². The van der Waals surface area contributed by atoms with Gasteiger partial charge in [-0.2, -0.15) is 0 Å². The molecule has 5 heteroatoms. The van der Waals surface area contributed by atoms with E-state index < -0.39 is 6.10 Å². The van der Waals surface area contributed by atoms with E-state index in [1.165, 1.54) is 4.88 Å². The average molecular weight is 280 g/mol. The fraction of sp³-hybridized carbons (Fsp3) is 0.556. The minimum Gasteiger partial charge on any atom is -0.394 e. The van der Waals surface area contributed by atoms with Crippen LogP contribution in [0.1, 0.15) is 4.88 Å². The first-order valence-electron chi connectivity index (χ1n) is 4.46. The van der Waals surface area contributed by atoms with E-state index in [4.69, 9.17) is 10.2 Å². The van der Waals surface area contributed by atoms with Gasteiger partial charge in [-0.3, -0.25) is 0 Å². The van der Waals surface area contributed by atoms with E-state index in [2.05, 4.69) is 27.3 Å². The maximum absolute atomic E-state index is 9.04. The Hall–Kier alpha value is 0.0600. The highest BCUT2D eigenvalue weighted by Crippen LogP contribution is 2.21. The number of nitrogens with one attached hydrogen (secondary N) is 1. The molecule has 1 atom stereocenters. The zero-order valence-electron chi connectivity index (χ0n) is 7.74. The van der Waals surface area contributed by atoms with Crippen LogP contribution in [-0.4, -0.2) is 36.0 Å². The molecule has 14 heavy (non-hydrogen) atoms. The Labute approximate surface area is 95.9 Å². The maximum Gasteiger partial charge on any atom is 0.0894 e. The van der Waals surface area contributed by atoms with Gasteiger partial charge in [0.15, 0.2) is 0 Å². The van der Waals surface area contributed by atoms with Crippen LogP contribution < -0.4 is 5.32 Å². The lowest BCUT2D eigenvalue weighted by Crippen LogP contribution is -2.30. The van der Waals surface area contributed by atoms with Crippen molar-refractivity contribution in [1.29, 1.82) is 0 Å². The van der Waals surface area contributed by atoms with Gasteiger partial charge in [-0.25, -0.2) is 0 Å². The third-order valence-corrected chi connectivity index (χ3v) is 3.45. The first-order valence-corrected chi connectivity index (χ1v) is 6.07. The Morgan fingerprint density at radius 3 is 2.86 bits per heavy atom. The molecule has 0 saturated heterocycles. The molecule has 0 unspecified atom stereocenters. The molecular weight excluding hydrogens is 266 g/mol. The van der Waals surface area contributed by atoms with Crippen LogP contribution >= 0.6 is 27.3 Å². The van der Waals surface area contributed by atoms with Crippen molar-refractivity contribution in [2.24, 2.45) is 0 Å². The van der Waals surface area contributed by atoms with Crippen molar-refractivity contribution < 1.29 is 10.2 Å². The van der Waals surface area contributed by atoms with Crippen molar-refractivity contribution in [2.45, 2.75) is 12.5 Å². The van der Waals surface area contributed by atoms with E-state index in [-0.39, 0.29) is 6.61 Å². The number of halogens is 1. The fourth-order valence-corrected chi connectivity index (χ4v) is 2.51. The van der Waals surface area contributed by atoms with Crippen molar-refractivity contribution in [3.63, 3.8) is 0 Å². The summed E-state index contributed by atoms with van der Waals surface area (Å²) in [5, 5.41) is 20.7. The molecule has 0 spiro atoms. The standard InChI is InChI=1S/C9H14BrNO2S/c10-9-2-1-8(14-9)3-4-11-5-7(13)6-12/h1-2,7,11-13H,3-6H2/t7-/m0/s1. The predicted molar refractivity (Wildman–Crippen MR) is 61.7 cm³/mol. The van der Waals surface area contributed by atoms with Crippen LogP contribution in [0.25, 0.3) is 0 Å². The molecule has 0 aliphatic rings. The number of aliphatic hydroxyl groups excluding tert-OH is 2. The summed E-state index contributed by atoms with van der Waals surface area (Å²) in [7, 11) is 0. The molecule has 0 radical (unpaired) electrons. The molecular formula is C9H14BrNO2S. The predicted octanol–water partition coefficient (Wildman–Crippen LogP) is 0.996. The second-order valence-electron chi connectivity index (χ2n) is 3.00. The lowest BCUT2D eigenvalue weighted by atomic mass is 10.3. The van der Waals surface area contributed by atoms with Gasteiger partial charge in [0, 0.05) is 18.0 Å². The first-order chi connectivity index (χ1) is 6.72. The van der Waals surface area contributed by atoms with Crippen molar-refractivity contribution >= 4 is 27.3 Å². The van der Waals surface area contributed by atoms with Crippen LogP contribution in [-0.2, 0) is 6.42 Å². The highest BCUT2D eigenvalue weighted by Gasteiger charge is 2.01. The van der Waals surface area contributed by atoms with Gasteiger partial charge in [-0.15, -0.1) is 11.3 Å². The van der Waals surface area contributed by atoms with Gasteiger partial charge in [-0.05, 0) is 34.5 Å². The summed E-state index contributed by atoms with van der Waals surface area (Å²) in [5.41, 5.74) is 0. The largest absolute Gasteiger partial charge is 0.394 e. The van der Waals surface area contributed by atoms with E-state index in [1.807, 2.05) is 6.07 Å². The Bertz CT molecular complexity index is 267. The Kier molecular flexibility index (Phi) is 5.66. The number of rotatable bonds is 6. The van der Waals surface area contributed by atoms with Crippen LogP contribution in [0, 0.1) is 0 Å². The van der Waals surface area contributed by atoms with Gasteiger partial charge in [0.1, 0.15) is 0 Å². The molecule has 0 aliphatic heterocycles. The molecule has 1 aromatic heterocycles. The maximum atomic E-state index is 9.04. The van der Waals surface area contributed by atoms with Crippen LogP contribution in [0.2, 0.25) is 0 Å². The zero-order chi connectivity index (χ0) is 10.4. The third kappa shape index (κ3) is 4.52. The van der Waals surface area contributed by atoms with Gasteiger partial charge >= 0.3 is 0 Å². The summed E-state index contributed by atoms with van der Waals surface area (Å²) in [6.07, 6.45) is 0.305. The number of hydrogen-bond acceptors (Lipinski definition) is 4. The van der Waals surface area contributed by atoms with Gasteiger partial charge in [0.05, 0.1) is 16.5 Å². The van der Waals surface area contributed by atoms with Gasteiger partial charge in [-0.1, -0.05) is 0 Å². The third-order valence-electron chi connectivity index (χ3n) is 1.77. The molecule has 1 heterocycles. The second-order valence-corrected chi connectivity index (χ2v) is 5.54. The molecule has 3 nitrogen and oxygen atoms in total. The SMILES string of the molecule is OC[C@@H](O)CNCCc1ccc(Br)s1. The molecule has 0 aliphatic carbocycles. The summed E-state index contributed by atoms with van der Waals surface area (Å²) in [5.74, 6) is 0. The average Bonchev–Trinajstić information content (AvgIpc) is 2.58. The molecule has 0 aromatic carbocycles. The van der Waals surface area contributed by atoms with Crippen LogP contribution in [0.5, 0.6) is 0 Å². The first kappa shape index (κ1) is 12.1. The molecule has 0 bridgehead atoms. The normalized spacial score (nSPS) is 13.1. The minimum atomic E-state index is -0.648. The summed E-state index contributed by atoms with van der Waals surface area (Å²) in [6.45, 7) is 1.09. The Morgan fingerprint density at radius 2 is 2.29 bits per heavy atom. The van der Waals surface area contributed by atoms with Crippen LogP contribution in [0.4, 0.5) is 0 Å². The molecule has 0 amide bonds. The molecule has 0 saturated carbocycles. The molecule has 0 fully saturated rings. The summed E-state index contributed by atoms with van der Waals surface area (Å²) in [6, 6.07) is 4.11. The lowest BCUT2D eigenvalue weighted by Gasteiger charge is -2.07. The van der Waals surface area contributed by atoms with E-state index in [9.17, 15) is 0 Å². The highest BCUT2D eigenvalue weighted by molar-refractivity contribution is 9.11. The molecule has 1 rings (SSSR count). The smallest absolute Gasteiger partial charge is 0.0894 e.